The van der Waals surface area contributed by atoms with Crippen LogP contribution in [0.2, 0.25) is 0 Å². The van der Waals surface area contributed by atoms with Crippen molar-refractivity contribution in [2.45, 2.75) is 51.5 Å². The van der Waals surface area contributed by atoms with Crippen molar-refractivity contribution < 1.29 is 4.39 Å². The lowest BCUT2D eigenvalue weighted by Crippen LogP contribution is -2.44. The first-order chi connectivity index (χ1) is 9.07. The van der Waals surface area contributed by atoms with Gasteiger partial charge >= 0.3 is 0 Å². The highest BCUT2D eigenvalue weighted by Crippen LogP contribution is 2.40. The van der Waals surface area contributed by atoms with Crippen molar-refractivity contribution >= 4 is 15.9 Å². The first-order valence-electron chi connectivity index (χ1n) is 7.17. The van der Waals surface area contributed by atoms with Crippen LogP contribution in [-0.4, -0.2) is 13.1 Å². The van der Waals surface area contributed by atoms with E-state index in [9.17, 15) is 4.39 Å². The summed E-state index contributed by atoms with van der Waals surface area (Å²) in [6, 6.07) is 5.73. The van der Waals surface area contributed by atoms with Gasteiger partial charge in [0.2, 0.25) is 0 Å². The smallest absolute Gasteiger partial charge is 0.137 e. The molecule has 1 aromatic rings. The van der Waals surface area contributed by atoms with Gasteiger partial charge in [-0.25, -0.2) is 4.39 Å². The minimum atomic E-state index is -0.166. The Morgan fingerprint density at radius 3 is 2.63 bits per heavy atom. The minimum Gasteiger partial charge on any atom is -0.316 e. The molecule has 0 aromatic heterocycles. The van der Waals surface area contributed by atoms with E-state index in [-0.39, 0.29) is 5.82 Å². The SMILES string of the molecule is CNC(Cc1cccc(F)c1Br)C1(C)CCCCC1. The van der Waals surface area contributed by atoms with E-state index in [0.717, 1.165) is 12.0 Å². The average Bonchev–Trinajstić information content (AvgIpc) is 2.41. The molecule has 1 aromatic carbocycles. The number of hydrogen-bond donors (Lipinski definition) is 1. The zero-order valence-electron chi connectivity index (χ0n) is 11.8. The molecule has 1 N–H and O–H groups in total. The van der Waals surface area contributed by atoms with Gasteiger partial charge in [-0.2, -0.15) is 0 Å². The van der Waals surface area contributed by atoms with Crippen LogP contribution in [0.5, 0.6) is 0 Å². The lowest BCUT2D eigenvalue weighted by atomic mass is 9.69. The molecule has 1 atom stereocenters. The molecule has 0 heterocycles. The number of rotatable bonds is 4. The minimum absolute atomic E-state index is 0.166. The molecule has 0 spiro atoms. The molecular weight excluding hydrogens is 305 g/mol. The van der Waals surface area contributed by atoms with Gasteiger partial charge in [-0.15, -0.1) is 0 Å². The molecule has 3 heteroatoms. The third-order valence-corrected chi connectivity index (χ3v) is 5.53. The zero-order chi connectivity index (χ0) is 13.9. The van der Waals surface area contributed by atoms with Crippen LogP contribution in [0.3, 0.4) is 0 Å². The van der Waals surface area contributed by atoms with Crippen LogP contribution in [0, 0.1) is 11.2 Å². The molecule has 0 aliphatic heterocycles. The Hall–Kier alpha value is -0.410. The molecule has 1 saturated carbocycles. The van der Waals surface area contributed by atoms with Crippen LogP contribution in [0.15, 0.2) is 22.7 Å². The fraction of sp³-hybridized carbons (Fsp3) is 0.625. The van der Waals surface area contributed by atoms with Crippen molar-refractivity contribution in [1.82, 2.24) is 5.32 Å². The third kappa shape index (κ3) is 3.38. The second-order valence-corrected chi connectivity index (χ2v) is 6.77. The van der Waals surface area contributed by atoms with E-state index in [1.165, 1.54) is 38.2 Å². The molecule has 1 aliphatic rings. The molecule has 1 nitrogen and oxygen atoms in total. The monoisotopic (exact) mass is 327 g/mol. The Labute approximate surface area is 124 Å². The highest BCUT2D eigenvalue weighted by atomic mass is 79.9. The molecular formula is C16H23BrFN. The highest BCUT2D eigenvalue weighted by molar-refractivity contribution is 9.10. The molecule has 0 bridgehead atoms. The van der Waals surface area contributed by atoms with E-state index >= 15 is 0 Å². The summed E-state index contributed by atoms with van der Waals surface area (Å²) in [7, 11) is 2.03. The van der Waals surface area contributed by atoms with Crippen LogP contribution in [0.1, 0.15) is 44.6 Å². The van der Waals surface area contributed by atoms with Crippen molar-refractivity contribution in [3.8, 4) is 0 Å². The summed E-state index contributed by atoms with van der Waals surface area (Å²) >= 11 is 3.38. The van der Waals surface area contributed by atoms with E-state index in [4.69, 9.17) is 0 Å². The molecule has 2 rings (SSSR count). The topological polar surface area (TPSA) is 12.0 Å². The normalized spacial score (nSPS) is 20.2. The fourth-order valence-corrected chi connectivity index (χ4v) is 3.76. The van der Waals surface area contributed by atoms with Crippen LogP contribution in [0.25, 0.3) is 0 Å². The molecule has 0 amide bonds. The Bertz CT molecular complexity index is 427. The van der Waals surface area contributed by atoms with Crippen LogP contribution < -0.4 is 5.32 Å². The van der Waals surface area contributed by atoms with Crippen LogP contribution in [-0.2, 0) is 6.42 Å². The standard InChI is InChI=1S/C16H23BrFN/c1-16(9-4-3-5-10-16)14(19-2)11-12-7-6-8-13(18)15(12)17/h6-8,14,19H,3-5,9-11H2,1-2H3. The summed E-state index contributed by atoms with van der Waals surface area (Å²) in [5.74, 6) is -0.166. The lowest BCUT2D eigenvalue weighted by Gasteiger charge is -2.41. The van der Waals surface area contributed by atoms with Crippen molar-refractivity contribution in [2.75, 3.05) is 7.05 Å². The first kappa shape index (κ1) is 15.0. The number of likely N-dealkylation sites (N-methyl/N-ethyl adjacent to an activating group) is 1. The number of nitrogens with one attached hydrogen (secondary N) is 1. The maximum absolute atomic E-state index is 13.6. The molecule has 1 unspecified atom stereocenters. The van der Waals surface area contributed by atoms with Crippen molar-refractivity contribution in [2.24, 2.45) is 5.41 Å². The maximum Gasteiger partial charge on any atom is 0.137 e. The maximum atomic E-state index is 13.6. The summed E-state index contributed by atoms with van der Waals surface area (Å²) in [6.45, 7) is 2.38. The van der Waals surface area contributed by atoms with Gasteiger partial charge in [0.1, 0.15) is 5.82 Å². The van der Waals surface area contributed by atoms with Gasteiger partial charge in [0, 0.05) is 6.04 Å². The summed E-state index contributed by atoms with van der Waals surface area (Å²) in [6.07, 6.45) is 7.41. The largest absolute Gasteiger partial charge is 0.316 e. The van der Waals surface area contributed by atoms with Gasteiger partial charge in [-0.3, -0.25) is 0 Å². The molecule has 106 valence electrons. The van der Waals surface area contributed by atoms with E-state index < -0.39 is 0 Å². The van der Waals surface area contributed by atoms with Crippen molar-refractivity contribution in [3.63, 3.8) is 0 Å². The number of benzene rings is 1. The molecule has 1 aliphatic carbocycles. The summed E-state index contributed by atoms with van der Waals surface area (Å²) < 4.78 is 14.2. The first-order valence-corrected chi connectivity index (χ1v) is 7.96. The van der Waals surface area contributed by atoms with E-state index in [1.54, 1.807) is 6.07 Å². The number of halogens is 2. The van der Waals surface area contributed by atoms with E-state index in [0.29, 0.717) is 15.9 Å². The van der Waals surface area contributed by atoms with Crippen LogP contribution >= 0.6 is 15.9 Å². The van der Waals surface area contributed by atoms with Crippen LogP contribution in [0.4, 0.5) is 4.39 Å². The predicted molar refractivity (Wildman–Crippen MR) is 81.8 cm³/mol. The predicted octanol–water partition coefficient (Wildman–Crippen LogP) is 4.69. The Balaban J connectivity index is 2.16. The quantitative estimate of drug-likeness (QED) is 0.845. The fourth-order valence-electron chi connectivity index (χ4n) is 3.33. The lowest BCUT2D eigenvalue weighted by molar-refractivity contribution is 0.149. The Kier molecular flexibility index (Phi) is 5.02. The second kappa shape index (κ2) is 6.36. The van der Waals surface area contributed by atoms with Gasteiger partial charge < -0.3 is 5.32 Å². The van der Waals surface area contributed by atoms with Gasteiger partial charge in [0.25, 0.3) is 0 Å². The molecule has 19 heavy (non-hydrogen) atoms. The molecule has 1 fully saturated rings. The van der Waals surface area contributed by atoms with Gasteiger partial charge in [-0.05, 0) is 59.3 Å². The van der Waals surface area contributed by atoms with E-state index in [1.807, 2.05) is 13.1 Å². The molecule has 0 saturated heterocycles. The summed E-state index contributed by atoms with van der Waals surface area (Å²) in [5.41, 5.74) is 1.39. The van der Waals surface area contributed by atoms with Gasteiger partial charge in [0.15, 0.2) is 0 Å². The highest BCUT2D eigenvalue weighted by Gasteiger charge is 2.34. The van der Waals surface area contributed by atoms with Gasteiger partial charge in [-0.1, -0.05) is 38.3 Å². The summed E-state index contributed by atoms with van der Waals surface area (Å²) in [4.78, 5) is 0. The Morgan fingerprint density at radius 2 is 2.00 bits per heavy atom. The average molecular weight is 328 g/mol. The van der Waals surface area contributed by atoms with Crippen molar-refractivity contribution in [3.05, 3.63) is 34.1 Å². The van der Waals surface area contributed by atoms with Crippen molar-refractivity contribution in [1.29, 1.82) is 0 Å². The van der Waals surface area contributed by atoms with E-state index in [2.05, 4.69) is 28.2 Å². The Morgan fingerprint density at radius 1 is 1.32 bits per heavy atom. The summed E-state index contributed by atoms with van der Waals surface area (Å²) in [5, 5.41) is 3.46. The second-order valence-electron chi connectivity index (χ2n) is 5.97. The van der Waals surface area contributed by atoms with Gasteiger partial charge in [0.05, 0.1) is 4.47 Å². The zero-order valence-corrected chi connectivity index (χ0v) is 13.4. The molecule has 0 radical (unpaired) electrons. The third-order valence-electron chi connectivity index (χ3n) is 4.64. The number of hydrogen-bond acceptors (Lipinski definition) is 1.